The van der Waals surface area contributed by atoms with Crippen LogP contribution in [-0.2, 0) is 10.3 Å². The molecular formula is C12H14N2O2. The highest BCUT2D eigenvalue weighted by molar-refractivity contribution is 5.72. The van der Waals surface area contributed by atoms with Gasteiger partial charge in [-0.3, -0.25) is 0 Å². The number of oxazole rings is 1. The molecule has 2 heterocycles. The lowest BCUT2D eigenvalue weighted by Gasteiger charge is -2.29. The van der Waals surface area contributed by atoms with Crippen LogP contribution in [0.3, 0.4) is 0 Å². The summed E-state index contributed by atoms with van der Waals surface area (Å²) >= 11 is 0. The Hall–Kier alpha value is -1.39. The van der Waals surface area contributed by atoms with Crippen LogP contribution >= 0.6 is 0 Å². The van der Waals surface area contributed by atoms with Gasteiger partial charge in [0.15, 0.2) is 5.58 Å². The Balaban J connectivity index is 2.04. The second kappa shape index (κ2) is 3.57. The molecule has 1 aliphatic heterocycles. The first kappa shape index (κ1) is 9.81. The summed E-state index contributed by atoms with van der Waals surface area (Å²) in [6.07, 6.45) is 1.53. The minimum Gasteiger partial charge on any atom is -0.439 e. The molecule has 0 bridgehead atoms. The molecule has 4 nitrogen and oxygen atoms in total. The molecule has 1 aromatic carbocycles. The highest BCUT2D eigenvalue weighted by Gasteiger charge is 2.34. The predicted octanol–water partition coefficient (Wildman–Crippen LogP) is 1.79. The van der Waals surface area contributed by atoms with E-state index in [0.717, 1.165) is 23.9 Å². The van der Waals surface area contributed by atoms with Crippen molar-refractivity contribution in [3.8, 4) is 0 Å². The van der Waals surface area contributed by atoms with Gasteiger partial charge < -0.3 is 14.9 Å². The second-order valence-corrected chi connectivity index (χ2v) is 4.26. The maximum atomic E-state index is 6.31. The Morgan fingerprint density at radius 1 is 1.19 bits per heavy atom. The lowest BCUT2D eigenvalue weighted by Crippen LogP contribution is -2.42. The maximum absolute atomic E-state index is 6.31. The van der Waals surface area contributed by atoms with Crippen LogP contribution in [0.2, 0.25) is 0 Å². The van der Waals surface area contributed by atoms with Crippen molar-refractivity contribution in [1.29, 1.82) is 0 Å². The molecule has 0 saturated carbocycles. The molecule has 1 saturated heterocycles. The first-order valence-electron chi connectivity index (χ1n) is 5.51. The molecule has 0 radical (unpaired) electrons. The van der Waals surface area contributed by atoms with Crippen LogP contribution in [0.15, 0.2) is 28.7 Å². The molecule has 0 aliphatic carbocycles. The fourth-order valence-electron chi connectivity index (χ4n) is 2.03. The zero-order valence-corrected chi connectivity index (χ0v) is 8.98. The van der Waals surface area contributed by atoms with E-state index in [0.29, 0.717) is 19.1 Å². The number of benzene rings is 1. The summed E-state index contributed by atoms with van der Waals surface area (Å²) in [5.41, 5.74) is 7.52. The summed E-state index contributed by atoms with van der Waals surface area (Å²) in [6.45, 7) is 1.35. The van der Waals surface area contributed by atoms with Gasteiger partial charge in [0, 0.05) is 13.2 Å². The number of ether oxygens (including phenoxy) is 1. The quantitative estimate of drug-likeness (QED) is 0.792. The third-order valence-corrected chi connectivity index (χ3v) is 3.10. The van der Waals surface area contributed by atoms with Gasteiger partial charge in [0.25, 0.3) is 0 Å². The molecule has 3 rings (SSSR count). The molecule has 1 fully saturated rings. The maximum Gasteiger partial charge on any atom is 0.215 e. The van der Waals surface area contributed by atoms with E-state index in [-0.39, 0.29) is 0 Å². The largest absolute Gasteiger partial charge is 0.439 e. The number of hydrogen-bond donors (Lipinski definition) is 1. The topological polar surface area (TPSA) is 61.3 Å². The standard InChI is InChI=1S/C12H14N2O2/c13-12(5-7-15-8-6-12)11-14-9-3-1-2-4-10(9)16-11/h1-4H,5-8,13H2. The zero-order chi connectivity index (χ0) is 11.0. The summed E-state index contributed by atoms with van der Waals surface area (Å²) in [4.78, 5) is 4.46. The number of nitrogens with zero attached hydrogens (tertiary/aromatic N) is 1. The molecule has 2 aromatic rings. The Morgan fingerprint density at radius 3 is 2.69 bits per heavy atom. The number of nitrogens with two attached hydrogens (primary N) is 1. The monoisotopic (exact) mass is 218 g/mol. The lowest BCUT2D eigenvalue weighted by atomic mass is 9.91. The third kappa shape index (κ3) is 1.50. The third-order valence-electron chi connectivity index (χ3n) is 3.10. The SMILES string of the molecule is NC1(c2nc3ccccc3o2)CCOCC1. The summed E-state index contributed by atoms with van der Waals surface area (Å²) in [5.74, 6) is 0.636. The Kier molecular flexibility index (Phi) is 2.19. The second-order valence-electron chi connectivity index (χ2n) is 4.26. The predicted molar refractivity (Wildman–Crippen MR) is 59.9 cm³/mol. The lowest BCUT2D eigenvalue weighted by molar-refractivity contribution is 0.0429. The van der Waals surface area contributed by atoms with Gasteiger partial charge >= 0.3 is 0 Å². The number of rotatable bonds is 1. The van der Waals surface area contributed by atoms with Gasteiger partial charge in [-0.1, -0.05) is 12.1 Å². The fraction of sp³-hybridized carbons (Fsp3) is 0.417. The van der Waals surface area contributed by atoms with E-state index in [1.165, 1.54) is 0 Å². The summed E-state index contributed by atoms with van der Waals surface area (Å²) in [6, 6.07) is 7.73. The van der Waals surface area contributed by atoms with E-state index >= 15 is 0 Å². The minimum absolute atomic E-state index is 0.461. The Bertz CT molecular complexity index is 467. The van der Waals surface area contributed by atoms with Crippen molar-refractivity contribution < 1.29 is 9.15 Å². The number of aromatic nitrogens is 1. The Morgan fingerprint density at radius 2 is 1.94 bits per heavy atom. The van der Waals surface area contributed by atoms with Crippen LogP contribution in [-0.4, -0.2) is 18.2 Å². The first-order chi connectivity index (χ1) is 7.78. The van der Waals surface area contributed by atoms with E-state index in [1.807, 2.05) is 24.3 Å². The molecule has 0 atom stereocenters. The van der Waals surface area contributed by atoms with Crippen molar-refractivity contribution in [2.75, 3.05) is 13.2 Å². The minimum atomic E-state index is -0.461. The molecule has 0 amide bonds. The number of para-hydroxylation sites is 2. The van der Waals surface area contributed by atoms with E-state index in [4.69, 9.17) is 14.9 Å². The summed E-state index contributed by atoms with van der Waals surface area (Å²) in [7, 11) is 0. The van der Waals surface area contributed by atoms with Gasteiger partial charge in [0.05, 0.1) is 5.54 Å². The van der Waals surface area contributed by atoms with Crippen molar-refractivity contribution >= 4 is 11.1 Å². The van der Waals surface area contributed by atoms with Gasteiger partial charge in [-0.05, 0) is 25.0 Å². The van der Waals surface area contributed by atoms with E-state index in [1.54, 1.807) is 0 Å². The van der Waals surface area contributed by atoms with Crippen molar-refractivity contribution in [2.24, 2.45) is 5.73 Å². The van der Waals surface area contributed by atoms with Crippen LogP contribution in [0.4, 0.5) is 0 Å². The molecule has 2 N–H and O–H groups in total. The Labute approximate surface area is 93.4 Å². The van der Waals surface area contributed by atoms with Crippen molar-refractivity contribution in [1.82, 2.24) is 4.98 Å². The molecule has 4 heteroatoms. The van der Waals surface area contributed by atoms with Crippen LogP contribution in [0, 0.1) is 0 Å². The van der Waals surface area contributed by atoms with Gasteiger partial charge in [0.2, 0.25) is 5.89 Å². The van der Waals surface area contributed by atoms with Crippen LogP contribution in [0.1, 0.15) is 18.7 Å². The molecule has 1 aromatic heterocycles. The fourth-order valence-corrected chi connectivity index (χ4v) is 2.03. The van der Waals surface area contributed by atoms with E-state index in [9.17, 15) is 0 Å². The molecule has 16 heavy (non-hydrogen) atoms. The zero-order valence-electron chi connectivity index (χ0n) is 8.98. The highest BCUT2D eigenvalue weighted by atomic mass is 16.5. The van der Waals surface area contributed by atoms with E-state index in [2.05, 4.69) is 4.98 Å². The van der Waals surface area contributed by atoms with Crippen molar-refractivity contribution in [2.45, 2.75) is 18.4 Å². The molecule has 0 spiro atoms. The summed E-state index contributed by atoms with van der Waals surface area (Å²) < 4.78 is 11.0. The smallest absolute Gasteiger partial charge is 0.215 e. The average Bonchev–Trinajstić information content (AvgIpc) is 2.74. The van der Waals surface area contributed by atoms with Gasteiger partial charge in [-0.15, -0.1) is 0 Å². The van der Waals surface area contributed by atoms with Crippen LogP contribution in [0.5, 0.6) is 0 Å². The van der Waals surface area contributed by atoms with Crippen molar-refractivity contribution in [3.05, 3.63) is 30.2 Å². The first-order valence-corrected chi connectivity index (χ1v) is 5.51. The number of fused-ring (bicyclic) bond motifs is 1. The van der Waals surface area contributed by atoms with Gasteiger partial charge in [-0.2, -0.15) is 0 Å². The molecule has 84 valence electrons. The molecule has 1 aliphatic rings. The molecule has 0 unspecified atom stereocenters. The van der Waals surface area contributed by atoms with Gasteiger partial charge in [-0.25, -0.2) is 4.98 Å². The highest BCUT2D eigenvalue weighted by Crippen LogP contribution is 2.30. The van der Waals surface area contributed by atoms with E-state index < -0.39 is 5.54 Å². The van der Waals surface area contributed by atoms with Gasteiger partial charge in [0.1, 0.15) is 5.52 Å². The molecular weight excluding hydrogens is 204 g/mol. The average molecular weight is 218 g/mol. The van der Waals surface area contributed by atoms with Crippen molar-refractivity contribution in [3.63, 3.8) is 0 Å². The normalized spacial score (nSPS) is 20.1. The summed E-state index contributed by atoms with van der Waals surface area (Å²) in [5, 5.41) is 0. The van der Waals surface area contributed by atoms with Crippen LogP contribution < -0.4 is 5.73 Å². The van der Waals surface area contributed by atoms with Crippen LogP contribution in [0.25, 0.3) is 11.1 Å². The number of hydrogen-bond acceptors (Lipinski definition) is 4.